The molecule has 0 aromatic heterocycles. The zero-order chi connectivity index (χ0) is 28.6. The molecule has 1 saturated carbocycles. The van der Waals surface area contributed by atoms with Crippen molar-refractivity contribution in [1.29, 1.82) is 0 Å². The highest BCUT2D eigenvalue weighted by atomic mass is 16.6. The predicted molar refractivity (Wildman–Crippen MR) is 128 cm³/mol. The van der Waals surface area contributed by atoms with Crippen molar-refractivity contribution in [2.24, 2.45) is 17.3 Å². The third kappa shape index (κ3) is 4.97. The van der Waals surface area contributed by atoms with Gasteiger partial charge in [0.1, 0.15) is 18.3 Å². The molecule has 12 heteroatoms. The van der Waals surface area contributed by atoms with Gasteiger partial charge in [-0.1, -0.05) is 13.0 Å². The standard InChI is InChI=1S/C26H36O12/c1-13-23(32)38-20-10-17(11-27)6-7-18(35-14(2)29)24(5)19(36-15(3)30)8-9-25(33,12-28)21(24)22(26(13,20)34)37-16(4)31/h6-7,10,13,18-22,27-28,33-34H,8-9,11-12H2,1-5H3. The fourth-order valence-corrected chi connectivity index (χ4v) is 6.22. The molecule has 3 aliphatic rings. The SMILES string of the molecule is CC(=O)OC1C=CC(CO)=CC2OC(=O)C(C)C2(O)C(OC(C)=O)C2C(O)(CO)CCC(OC(C)=O)C12C. The number of carbonyl (C=O) groups is 4. The first-order valence-corrected chi connectivity index (χ1v) is 12.4. The van der Waals surface area contributed by atoms with E-state index in [9.17, 15) is 39.6 Å². The van der Waals surface area contributed by atoms with E-state index in [0.29, 0.717) is 0 Å². The summed E-state index contributed by atoms with van der Waals surface area (Å²) in [7, 11) is 0. The highest BCUT2D eigenvalue weighted by molar-refractivity contribution is 5.78. The number of aliphatic hydroxyl groups is 4. The van der Waals surface area contributed by atoms with E-state index in [4.69, 9.17) is 18.9 Å². The maximum Gasteiger partial charge on any atom is 0.312 e. The molecule has 3 rings (SSSR count). The Morgan fingerprint density at radius 2 is 1.66 bits per heavy atom. The van der Waals surface area contributed by atoms with Gasteiger partial charge in [-0.05, 0) is 37.5 Å². The van der Waals surface area contributed by atoms with E-state index < -0.39 is 90.0 Å². The Morgan fingerprint density at radius 3 is 2.18 bits per heavy atom. The molecule has 2 fully saturated rings. The second-order valence-electron chi connectivity index (χ2n) is 10.5. The average Bonchev–Trinajstić information content (AvgIpc) is 3.04. The summed E-state index contributed by atoms with van der Waals surface area (Å²) in [5.41, 5.74) is -5.85. The average molecular weight is 541 g/mol. The van der Waals surface area contributed by atoms with Crippen LogP contribution in [0.2, 0.25) is 0 Å². The van der Waals surface area contributed by atoms with Crippen LogP contribution in [0.5, 0.6) is 0 Å². The lowest BCUT2D eigenvalue weighted by Gasteiger charge is -2.59. The van der Waals surface area contributed by atoms with Crippen molar-refractivity contribution in [2.45, 2.75) is 83.1 Å². The van der Waals surface area contributed by atoms with Gasteiger partial charge < -0.3 is 39.4 Å². The third-order valence-electron chi connectivity index (χ3n) is 8.10. The molecule has 12 nitrogen and oxygen atoms in total. The lowest BCUT2D eigenvalue weighted by Crippen LogP contribution is -2.72. The molecule has 1 heterocycles. The molecule has 38 heavy (non-hydrogen) atoms. The minimum Gasteiger partial charge on any atom is -0.462 e. The molecular formula is C26H36O12. The van der Waals surface area contributed by atoms with Gasteiger partial charge in [0.15, 0.2) is 11.7 Å². The molecular weight excluding hydrogens is 504 g/mol. The van der Waals surface area contributed by atoms with E-state index >= 15 is 0 Å². The molecule has 0 aromatic carbocycles. The Labute approximate surface area is 220 Å². The van der Waals surface area contributed by atoms with E-state index in [1.165, 1.54) is 39.0 Å². The molecule has 212 valence electrons. The second-order valence-corrected chi connectivity index (χ2v) is 10.5. The van der Waals surface area contributed by atoms with E-state index in [1.54, 1.807) is 0 Å². The largest absolute Gasteiger partial charge is 0.462 e. The van der Waals surface area contributed by atoms with Crippen LogP contribution in [-0.2, 0) is 38.1 Å². The minimum atomic E-state index is -2.32. The summed E-state index contributed by atoms with van der Waals surface area (Å²) < 4.78 is 22.4. The molecule has 2 aliphatic carbocycles. The summed E-state index contributed by atoms with van der Waals surface area (Å²) in [5, 5.41) is 44.5. The normalized spacial score (nSPS) is 40.7. The number of rotatable bonds is 5. The highest BCUT2D eigenvalue weighted by Gasteiger charge is 2.71. The van der Waals surface area contributed by atoms with Gasteiger partial charge in [0.25, 0.3) is 0 Å². The molecule has 9 unspecified atom stereocenters. The lowest BCUT2D eigenvalue weighted by atomic mass is 9.52. The summed E-state index contributed by atoms with van der Waals surface area (Å²) in [6.45, 7) is 4.84. The summed E-state index contributed by atoms with van der Waals surface area (Å²) in [6, 6.07) is 0. The molecule has 9 atom stereocenters. The minimum absolute atomic E-state index is 0.0115. The maximum atomic E-state index is 12.8. The molecule has 0 spiro atoms. The van der Waals surface area contributed by atoms with Crippen LogP contribution in [-0.4, -0.2) is 93.1 Å². The number of fused-ring (bicyclic) bond motifs is 2. The van der Waals surface area contributed by atoms with Gasteiger partial charge in [0, 0.05) is 26.7 Å². The Bertz CT molecular complexity index is 1040. The Kier molecular flexibility index (Phi) is 8.42. The van der Waals surface area contributed by atoms with Crippen LogP contribution in [0.15, 0.2) is 23.8 Å². The molecule has 0 radical (unpaired) electrons. The number of ether oxygens (including phenoxy) is 4. The first-order chi connectivity index (χ1) is 17.6. The van der Waals surface area contributed by atoms with Crippen LogP contribution >= 0.6 is 0 Å². The van der Waals surface area contributed by atoms with Gasteiger partial charge in [0.05, 0.1) is 30.1 Å². The quantitative estimate of drug-likeness (QED) is 0.264. The van der Waals surface area contributed by atoms with Crippen molar-refractivity contribution in [3.05, 3.63) is 23.8 Å². The van der Waals surface area contributed by atoms with Crippen LogP contribution in [0.1, 0.15) is 47.5 Å². The van der Waals surface area contributed by atoms with Crippen molar-refractivity contribution in [3.8, 4) is 0 Å². The zero-order valence-corrected chi connectivity index (χ0v) is 22.1. The maximum absolute atomic E-state index is 12.8. The molecule has 0 amide bonds. The lowest BCUT2D eigenvalue weighted by molar-refractivity contribution is -0.271. The first-order valence-electron chi connectivity index (χ1n) is 12.4. The van der Waals surface area contributed by atoms with E-state index in [1.807, 2.05) is 0 Å². The second kappa shape index (κ2) is 10.8. The predicted octanol–water partition coefficient (Wildman–Crippen LogP) is -0.298. The number of hydrogen-bond acceptors (Lipinski definition) is 12. The van der Waals surface area contributed by atoms with Crippen molar-refractivity contribution < 1.29 is 58.6 Å². The molecule has 0 bridgehead atoms. The first kappa shape index (κ1) is 29.8. The van der Waals surface area contributed by atoms with E-state index in [2.05, 4.69) is 0 Å². The molecule has 1 aliphatic heterocycles. The molecule has 0 aromatic rings. The number of esters is 4. The summed E-state index contributed by atoms with van der Waals surface area (Å²) in [5.74, 6) is -5.90. The number of hydrogen-bond donors (Lipinski definition) is 4. The Balaban J connectivity index is 2.46. The van der Waals surface area contributed by atoms with Crippen LogP contribution in [0.4, 0.5) is 0 Å². The van der Waals surface area contributed by atoms with Crippen LogP contribution < -0.4 is 0 Å². The van der Waals surface area contributed by atoms with E-state index in [-0.39, 0.29) is 18.4 Å². The van der Waals surface area contributed by atoms with E-state index in [0.717, 1.165) is 13.8 Å². The van der Waals surface area contributed by atoms with Crippen molar-refractivity contribution in [3.63, 3.8) is 0 Å². The zero-order valence-electron chi connectivity index (χ0n) is 22.1. The number of aliphatic hydroxyl groups excluding tert-OH is 2. The fourth-order valence-electron chi connectivity index (χ4n) is 6.22. The van der Waals surface area contributed by atoms with Crippen LogP contribution in [0.3, 0.4) is 0 Å². The monoisotopic (exact) mass is 540 g/mol. The van der Waals surface area contributed by atoms with Gasteiger partial charge in [-0.2, -0.15) is 0 Å². The summed E-state index contributed by atoms with van der Waals surface area (Å²) in [4.78, 5) is 49.6. The van der Waals surface area contributed by atoms with Gasteiger partial charge in [-0.15, -0.1) is 0 Å². The van der Waals surface area contributed by atoms with Gasteiger partial charge in [0.2, 0.25) is 0 Å². The molecule has 4 N–H and O–H groups in total. The summed E-state index contributed by atoms with van der Waals surface area (Å²) >= 11 is 0. The topological polar surface area (TPSA) is 186 Å². The number of carbonyl (C=O) groups excluding carboxylic acids is 4. The Morgan fingerprint density at radius 1 is 1.05 bits per heavy atom. The van der Waals surface area contributed by atoms with Crippen LogP contribution in [0.25, 0.3) is 0 Å². The van der Waals surface area contributed by atoms with Gasteiger partial charge >= 0.3 is 23.9 Å². The van der Waals surface area contributed by atoms with Gasteiger partial charge in [-0.3, -0.25) is 19.2 Å². The van der Waals surface area contributed by atoms with Gasteiger partial charge in [-0.25, -0.2) is 0 Å². The smallest absolute Gasteiger partial charge is 0.312 e. The highest BCUT2D eigenvalue weighted by Crippen LogP contribution is 2.57. The van der Waals surface area contributed by atoms with Crippen LogP contribution in [0, 0.1) is 17.3 Å². The fraction of sp³-hybridized carbons (Fsp3) is 0.692. The third-order valence-corrected chi connectivity index (χ3v) is 8.10. The van der Waals surface area contributed by atoms with Crippen molar-refractivity contribution in [2.75, 3.05) is 13.2 Å². The van der Waals surface area contributed by atoms with Crippen molar-refractivity contribution >= 4 is 23.9 Å². The molecule has 1 saturated heterocycles. The summed E-state index contributed by atoms with van der Waals surface area (Å²) in [6.07, 6.45) is -1.58. The van der Waals surface area contributed by atoms with Crippen molar-refractivity contribution in [1.82, 2.24) is 0 Å². The Hall–Kier alpha value is -2.80.